The van der Waals surface area contributed by atoms with Gasteiger partial charge in [-0.2, -0.15) is 0 Å². The van der Waals surface area contributed by atoms with Gasteiger partial charge in [-0.1, -0.05) is 48.5 Å². The highest BCUT2D eigenvalue weighted by Gasteiger charge is 2.11. The molecule has 148 valence electrons. The van der Waals surface area contributed by atoms with Gasteiger partial charge in [0.05, 0.1) is 12.2 Å². The number of pyridine rings is 1. The van der Waals surface area contributed by atoms with Gasteiger partial charge < -0.3 is 5.32 Å². The van der Waals surface area contributed by atoms with E-state index in [-0.39, 0.29) is 17.9 Å². The summed E-state index contributed by atoms with van der Waals surface area (Å²) >= 11 is 0. The number of ketones is 1. The molecule has 0 fully saturated rings. The van der Waals surface area contributed by atoms with Gasteiger partial charge in [0.25, 0.3) is 5.56 Å². The van der Waals surface area contributed by atoms with E-state index >= 15 is 0 Å². The van der Waals surface area contributed by atoms with E-state index in [9.17, 15) is 9.59 Å². The fraction of sp³-hybridized carbons (Fsp3) is 0.0833. The first-order valence-electron chi connectivity index (χ1n) is 9.53. The molecule has 0 aliphatic carbocycles. The average Bonchev–Trinajstić information content (AvgIpc) is 2.81. The fourth-order valence-corrected chi connectivity index (χ4v) is 3.13. The van der Waals surface area contributed by atoms with Gasteiger partial charge in [-0.3, -0.25) is 19.1 Å². The Morgan fingerprint density at radius 1 is 0.900 bits per heavy atom. The smallest absolute Gasteiger partial charge is 0.255 e. The van der Waals surface area contributed by atoms with E-state index in [1.807, 2.05) is 48.5 Å². The predicted octanol–water partition coefficient (Wildman–Crippen LogP) is 3.80. The summed E-state index contributed by atoms with van der Waals surface area (Å²) in [5, 5.41) is 3.01. The molecule has 4 aromatic rings. The van der Waals surface area contributed by atoms with Crippen LogP contribution in [0.5, 0.6) is 0 Å². The van der Waals surface area contributed by atoms with Crippen molar-refractivity contribution >= 4 is 11.7 Å². The van der Waals surface area contributed by atoms with Gasteiger partial charge in [-0.25, -0.2) is 4.98 Å². The van der Waals surface area contributed by atoms with E-state index in [4.69, 9.17) is 0 Å². The summed E-state index contributed by atoms with van der Waals surface area (Å²) < 4.78 is 1.39. The molecule has 2 aromatic carbocycles. The molecule has 6 heteroatoms. The van der Waals surface area contributed by atoms with Gasteiger partial charge in [0.2, 0.25) is 5.95 Å². The zero-order valence-electron chi connectivity index (χ0n) is 16.4. The Labute approximate surface area is 173 Å². The minimum Gasteiger partial charge on any atom is -0.348 e. The standard InChI is InChI=1S/C24H20N4O2/c1-28-23(30)15-21(18-10-12-25-13-11-18)27-24(28)26-16-22(29)20-9-5-8-19(14-20)17-6-3-2-4-7-17/h2-15H,16H2,1H3,(H,26,27). The molecule has 0 saturated carbocycles. The number of carbonyl (C=O) groups is 1. The number of anilines is 1. The number of rotatable bonds is 6. The van der Waals surface area contributed by atoms with Crippen LogP contribution in [-0.4, -0.2) is 26.9 Å². The van der Waals surface area contributed by atoms with Crippen LogP contribution in [0.15, 0.2) is 90.0 Å². The van der Waals surface area contributed by atoms with E-state index in [0.717, 1.165) is 16.7 Å². The number of carbonyl (C=O) groups excluding carboxylic acids is 1. The minimum absolute atomic E-state index is 0.0261. The Bertz CT molecular complexity index is 1240. The van der Waals surface area contributed by atoms with Crippen LogP contribution in [0.25, 0.3) is 22.4 Å². The second kappa shape index (κ2) is 8.53. The van der Waals surface area contributed by atoms with Crippen molar-refractivity contribution in [1.82, 2.24) is 14.5 Å². The van der Waals surface area contributed by atoms with Gasteiger partial charge in [0.1, 0.15) is 0 Å². The fourth-order valence-electron chi connectivity index (χ4n) is 3.13. The maximum Gasteiger partial charge on any atom is 0.255 e. The van der Waals surface area contributed by atoms with Crippen molar-refractivity contribution in [3.05, 3.63) is 101 Å². The summed E-state index contributed by atoms with van der Waals surface area (Å²) in [4.78, 5) is 33.6. The number of Topliss-reactive ketones (excluding diaryl/α,β-unsaturated/α-hetero) is 1. The summed E-state index contributed by atoms with van der Waals surface area (Å²) in [6.45, 7) is 0.0261. The molecular weight excluding hydrogens is 376 g/mol. The second-order valence-corrected chi connectivity index (χ2v) is 6.82. The first-order valence-corrected chi connectivity index (χ1v) is 9.53. The summed E-state index contributed by atoms with van der Waals surface area (Å²) in [6.07, 6.45) is 3.29. The Balaban J connectivity index is 1.55. The molecule has 0 saturated heterocycles. The first-order chi connectivity index (χ1) is 14.6. The Morgan fingerprint density at radius 3 is 2.40 bits per heavy atom. The maximum atomic E-state index is 12.8. The topological polar surface area (TPSA) is 76.9 Å². The SMILES string of the molecule is Cn1c(NCC(=O)c2cccc(-c3ccccc3)c2)nc(-c2ccncc2)cc1=O. The molecule has 2 aromatic heterocycles. The third-order valence-corrected chi connectivity index (χ3v) is 4.81. The van der Waals surface area contributed by atoms with Gasteiger partial charge in [0, 0.05) is 36.6 Å². The number of nitrogens with zero attached hydrogens (tertiary/aromatic N) is 3. The second-order valence-electron chi connectivity index (χ2n) is 6.82. The Hall–Kier alpha value is -4.06. The number of aromatic nitrogens is 3. The zero-order valence-corrected chi connectivity index (χ0v) is 16.4. The lowest BCUT2D eigenvalue weighted by atomic mass is 10.0. The minimum atomic E-state index is -0.210. The van der Waals surface area contributed by atoms with E-state index in [0.29, 0.717) is 17.2 Å². The monoisotopic (exact) mass is 396 g/mol. The van der Waals surface area contributed by atoms with Crippen molar-refractivity contribution in [2.45, 2.75) is 0 Å². The van der Waals surface area contributed by atoms with Crippen LogP contribution in [0.3, 0.4) is 0 Å². The van der Waals surface area contributed by atoms with Crippen LogP contribution in [0.4, 0.5) is 5.95 Å². The van der Waals surface area contributed by atoms with Crippen molar-refractivity contribution in [3.63, 3.8) is 0 Å². The number of hydrogen-bond acceptors (Lipinski definition) is 5. The van der Waals surface area contributed by atoms with Crippen molar-refractivity contribution in [2.75, 3.05) is 11.9 Å². The van der Waals surface area contributed by atoms with E-state index in [2.05, 4.69) is 15.3 Å². The molecule has 4 rings (SSSR count). The molecule has 2 heterocycles. The quantitative estimate of drug-likeness (QED) is 0.502. The average molecular weight is 396 g/mol. The van der Waals surface area contributed by atoms with Crippen molar-refractivity contribution < 1.29 is 4.79 Å². The molecule has 0 radical (unpaired) electrons. The maximum absolute atomic E-state index is 12.8. The molecule has 30 heavy (non-hydrogen) atoms. The summed E-state index contributed by atoms with van der Waals surface area (Å²) in [7, 11) is 1.62. The first kappa shape index (κ1) is 19.3. The van der Waals surface area contributed by atoms with Crippen LogP contribution < -0.4 is 10.9 Å². The lowest BCUT2D eigenvalue weighted by molar-refractivity contribution is 0.101. The van der Waals surface area contributed by atoms with E-state index in [1.165, 1.54) is 10.6 Å². The zero-order chi connectivity index (χ0) is 20.9. The Kier molecular flexibility index (Phi) is 5.48. The molecule has 1 N–H and O–H groups in total. The third-order valence-electron chi connectivity index (χ3n) is 4.81. The number of hydrogen-bond donors (Lipinski definition) is 1. The van der Waals surface area contributed by atoms with Gasteiger partial charge >= 0.3 is 0 Å². The van der Waals surface area contributed by atoms with Crippen LogP contribution in [-0.2, 0) is 7.05 Å². The van der Waals surface area contributed by atoms with Gasteiger partial charge in [-0.15, -0.1) is 0 Å². The van der Waals surface area contributed by atoms with Crippen molar-refractivity contribution in [3.8, 4) is 22.4 Å². The number of nitrogens with one attached hydrogen (secondary N) is 1. The molecule has 0 aliphatic rings. The molecule has 0 spiro atoms. The van der Waals surface area contributed by atoms with Gasteiger partial charge in [-0.05, 0) is 29.3 Å². The molecule has 0 amide bonds. The van der Waals surface area contributed by atoms with E-state index < -0.39 is 0 Å². The third kappa shape index (κ3) is 4.17. The largest absolute Gasteiger partial charge is 0.348 e. The van der Waals surface area contributed by atoms with Crippen molar-refractivity contribution in [1.29, 1.82) is 0 Å². The van der Waals surface area contributed by atoms with Crippen LogP contribution >= 0.6 is 0 Å². The summed E-state index contributed by atoms with van der Waals surface area (Å²) in [5.41, 5.74) is 3.73. The molecule has 0 bridgehead atoms. The molecule has 0 unspecified atom stereocenters. The van der Waals surface area contributed by atoms with Gasteiger partial charge in [0.15, 0.2) is 5.78 Å². The Morgan fingerprint density at radius 2 is 1.63 bits per heavy atom. The molecule has 0 aliphatic heterocycles. The molecule has 0 atom stereocenters. The highest BCUT2D eigenvalue weighted by Crippen LogP contribution is 2.20. The predicted molar refractivity (Wildman–Crippen MR) is 117 cm³/mol. The van der Waals surface area contributed by atoms with Crippen LogP contribution in [0.2, 0.25) is 0 Å². The van der Waals surface area contributed by atoms with Crippen molar-refractivity contribution in [2.24, 2.45) is 7.05 Å². The van der Waals surface area contributed by atoms with E-state index in [1.54, 1.807) is 37.6 Å². The molecular formula is C24H20N4O2. The number of benzene rings is 2. The highest BCUT2D eigenvalue weighted by atomic mass is 16.1. The lowest BCUT2D eigenvalue weighted by Gasteiger charge is -2.11. The normalized spacial score (nSPS) is 10.6. The lowest BCUT2D eigenvalue weighted by Crippen LogP contribution is -2.24. The van der Waals surface area contributed by atoms with Crippen LogP contribution in [0.1, 0.15) is 10.4 Å². The van der Waals surface area contributed by atoms with Crippen LogP contribution in [0, 0.1) is 0 Å². The summed E-state index contributed by atoms with van der Waals surface area (Å²) in [6, 6.07) is 22.4. The summed E-state index contributed by atoms with van der Waals surface area (Å²) in [5.74, 6) is 0.248. The molecule has 6 nitrogen and oxygen atoms in total. The highest BCUT2D eigenvalue weighted by molar-refractivity contribution is 5.99.